The average molecular weight is 314 g/mol. The van der Waals surface area contributed by atoms with Gasteiger partial charge in [-0.2, -0.15) is 5.10 Å². The van der Waals surface area contributed by atoms with Crippen molar-refractivity contribution in [3.63, 3.8) is 0 Å². The molecule has 17 heavy (non-hydrogen) atoms. The summed E-state index contributed by atoms with van der Waals surface area (Å²) in [6, 6.07) is 6.72. The molecule has 0 fully saturated rings. The summed E-state index contributed by atoms with van der Waals surface area (Å²) in [5.74, 6) is 0. The molecule has 0 aliphatic heterocycles. The lowest BCUT2D eigenvalue weighted by molar-refractivity contribution is 0.578. The summed E-state index contributed by atoms with van der Waals surface area (Å²) in [5, 5.41) is 7.87. The SMILES string of the molecule is CC(NCCc1ccn(C)n1)c1ccc(Br)s1. The van der Waals surface area contributed by atoms with Gasteiger partial charge >= 0.3 is 0 Å². The molecule has 2 aromatic rings. The second-order valence-corrected chi connectivity index (χ2v) is 6.54. The molecule has 0 amide bonds. The van der Waals surface area contributed by atoms with Crippen molar-refractivity contribution in [3.05, 3.63) is 38.8 Å². The lowest BCUT2D eigenvalue weighted by Crippen LogP contribution is -2.20. The molecule has 1 atom stereocenters. The topological polar surface area (TPSA) is 29.9 Å². The van der Waals surface area contributed by atoms with Crippen molar-refractivity contribution in [2.45, 2.75) is 19.4 Å². The Morgan fingerprint density at radius 2 is 2.29 bits per heavy atom. The van der Waals surface area contributed by atoms with Gasteiger partial charge in [-0.15, -0.1) is 11.3 Å². The molecule has 0 bridgehead atoms. The van der Waals surface area contributed by atoms with Crippen molar-refractivity contribution in [1.82, 2.24) is 15.1 Å². The molecule has 3 nitrogen and oxygen atoms in total. The number of hydrogen-bond acceptors (Lipinski definition) is 3. The monoisotopic (exact) mass is 313 g/mol. The Labute approximate surface area is 114 Å². The molecule has 0 aliphatic carbocycles. The highest BCUT2D eigenvalue weighted by Crippen LogP contribution is 2.26. The molecule has 1 unspecified atom stereocenters. The van der Waals surface area contributed by atoms with Gasteiger partial charge in [0.2, 0.25) is 0 Å². The van der Waals surface area contributed by atoms with Gasteiger partial charge in [0, 0.05) is 37.1 Å². The Balaban J connectivity index is 1.78. The van der Waals surface area contributed by atoms with Crippen molar-refractivity contribution in [1.29, 1.82) is 0 Å². The molecule has 5 heteroatoms. The van der Waals surface area contributed by atoms with E-state index in [-0.39, 0.29) is 0 Å². The van der Waals surface area contributed by atoms with Crippen LogP contribution in [-0.2, 0) is 13.5 Å². The van der Waals surface area contributed by atoms with E-state index in [1.54, 1.807) is 11.3 Å². The summed E-state index contributed by atoms with van der Waals surface area (Å²) in [5.41, 5.74) is 1.14. The first-order chi connectivity index (χ1) is 8.15. The van der Waals surface area contributed by atoms with E-state index in [0.29, 0.717) is 6.04 Å². The Kier molecular flexibility index (Phi) is 4.36. The number of thiophene rings is 1. The van der Waals surface area contributed by atoms with E-state index in [0.717, 1.165) is 18.7 Å². The maximum atomic E-state index is 4.36. The first-order valence-corrected chi connectivity index (χ1v) is 7.23. The summed E-state index contributed by atoms with van der Waals surface area (Å²) >= 11 is 5.27. The molecule has 2 heterocycles. The van der Waals surface area contributed by atoms with Crippen molar-refractivity contribution in [2.24, 2.45) is 7.05 Å². The zero-order valence-electron chi connectivity index (χ0n) is 9.98. The maximum Gasteiger partial charge on any atom is 0.0701 e. The second-order valence-electron chi connectivity index (χ2n) is 4.05. The number of halogens is 1. The molecule has 0 radical (unpaired) electrons. The van der Waals surface area contributed by atoms with E-state index in [1.165, 1.54) is 8.66 Å². The molecule has 0 saturated heterocycles. The fourth-order valence-electron chi connectivity index (χ4n) is 1.67. The zero-order chi connectivity index (χ0) is 12.3. The molecule has 2 rings (SSSR count). The minimum atomic E-state index is 0.398. The first kappa shape index (κ1) is 12.8. The zero-order valence-corrected chi connectivity index (χ0v) is 12.4. The van der Waals surface area contributed by atoms with Crippen LogP contribution in [0, 0.1) is 0 Å². The van der Waals surface area contributed by atoms with Gasteiger partial charge in [0.15, 0.2) is 0 Å². The summed E-state index contributed by atoms with van der Waals surface area (Å²) in [4.78, 5) is 1.36. The fraction of sp³-hybridized carbons (Fsp3) is 0.417. The standard InChI is InChI=1S/C12H16BrN3S/c1-9(11-3-4-12(13)17-11)14-7-5-10-6-8-16(2)15-10/h3-4,6,8-9,14H,5,7H2,1-2H3. The van der Waals surface area contributed by atoms with Gasteiger partial charge in [0.05, 0.1) is 9.48 Å². The largest absolute Gasteiger partial charge is 0.309 e. The van der Waals surface area contributed by atoms with Gasteiger partial charge in [-0.05, 0) is 41.1 Å². The highest BCUT2D eigenvalue weighted by Gasteiger charge is 2.07. The summed E-state index contributed by atoms with van der Waals surface area (Å²) < 4.78 is 3.03. The quantitative estimate of drug-likeness (QED) is 0.919. The van der Waals surface area contributed by atoms with Crippen LogP contribution in [0.15, 0.2) is 28.2 Å². The molecule has 0 saturated carbocycles. The van der Waals surface area contributed by atoms with Gasteiger partial charge in [-0.1, -0.05) is 0 Å². The van der Waals surface area contributed by atoms with Crippen LogP contribution in [0.5, 0.6) is 0 Å². The third kappa shape index (κ3) is 3.66. The highest BCUT2D eigenvalue weighted by molar-refractivity contribution is 9.11. The van der Waals surface area contributed by atoms with Gasteiger partial charge in [0.1, 0.15) is 0 Å². The van der Waals surface area contributed by atoms with Crippen molar-refractivity contribution in [3.8, 4) is 0 Å². The van der Waals surface area contributed by atoms with E-state index in [1.807, 2.05) is 17.9 Å². The predicted octanol–water partition coefficient (Wildman–Crippen LogP) is 3.14. The average Bonchev–Trinajstić information content (AvgIpc) is 2.88. The van der Waals surface area contributed by atoms with Crippen molar-refractivity contribution in [2.75, 3.05) is 6.54 Å². The number of hydrogen-bond donors (Lipinski definition) is 1. The van der Waals surface area contributed by atoms with Crippen LogP contribution in [0.25, 0.3) is 0 Å². The lowest BCUT2D eigenvalue weighted by atomic mass is 10.2. The van der Waals surface area contributed by atoms with Crippen LogP contribution in [-0.4, -0.2) is 16.3 Å². The van der Waals surface area contributed by atoms with Crippen LogP contribution in [0.1, 0.15) is 23.5 Å². The predicted molar refractivity (Wildman–Crippen MR) is 75.3 cm³/mol. The molecule has 1 N–H and O–H groups in total. The number of aromatic nitrogens is 2. The number of rotatable bonds is 5. The number of nitrogens with one attached hydrogen (secondary N) is 1. The lowest BCUT2D eigenvalue weighted by Gasteiger charge is -2.10. The van der Waals surface area contributed by atoms with E-state index in [9.17, 15) is 0 Å². The minimum absolute atomic E-state index is 0.398. The summed E-state index contributed by atoms with van der Waals surface area (Å²) in [6.07, 6.45) is 2.95. The molecule has 92 valence electrons. The van der Waals surface area contributed by atoms with Crippen molar-refractivity contribution >= 4 is 27.3 Å². The Morgan fingerprint density at radius 3 is 2.88 bits per heavy atom. The molecule has 2 aromatic heterocycles. The van der Waals surface area contributed by atoms with Gasteiger partial charge in [-0.3, -0.25) is 4.68 Å². The van der Waals surface area contributed by atoms with E-state index >= 15 is 0 Å². The summed E-state index contributed by atoms with van der Waals surface area (Å²) in [7, 11) is 1.95. The van der Waals surface area contributed by atoms with Gasteiger partial charge < -0.3 is 5.32 Å². The molecule has 0 spiro atoms. The first-order valence-electron chi connectivity index (χ1n) is 5.62. The van der Waals surface area contributed by atoms with E-state index < -0.39 is 0 Å². The minimum Gasteiger partial charge on any atom is -0.309 e. The molecular formula is C12H16BrN3S. The maximum absolute atomic E-state index is 4.36. The van der Waals surface area contributed by atoms with Gasteiger partial charge in [0.25, 0.3) is 0 Å². The van der Waals surface area contributed by atoms with Crippen LogP contribution < -0.4 is 5.32 Å². The fourth-order valence-corrected chi connectivity index (χ4v) is 3.13. The highest BCUT2D eigenvalue weighted by atomic mass is 79.9. The third-order valence-electron chi connectivity index (χ3n) is 2.62. The Morgan fingerprint density at radius 1 is 1.47 bits per heavy atom. The number of nitrogens with zero attached hydrogens (tertiary/aromatic N) is 2. The Bertz CT molecular complexity index is 478. The molecule has 0 aromatic carbocycles. The third-order valence-corrected chi connectivity index (χ3v) is 4.43. The van der Waals surface area contributed by atoms with E-state index in [4.69, 9.17) is 0 Å². The number of aryl methyl sites for hydroxylation is 1. The van der Waals surface area contributed by atoms with Crippen LogP contribution in [0.3, 0.4) is 0 Å². The summed E-state index contributed by atoms with van der Waals surface area (Å²) in [6.45, 7) is 3.14. The Hall–Kier alpha value is -0.650. The molecule has 0 aliphatic rings. The van der Waals surface area contributed by atoms with Crippen LogP contribution >= 0.6 is 27.3 Å². The normalized spacial score (nSPS) is 12.9. The second kappa shape index (κ2) is 5.80. The van der Waals surface area contributed by atoms with Gasteiger partial charge in [-0.25, -0.2) is 0 Å². The van der Waals surface area contributed by atoms with E-state index in [2.05, 4.69) is 51.5 Å². The molecular weight excluding hydrogens is 298 g/mol. The van der Waals surface area contributed by atoms with Crippen LogP contribution in [0.4, 0.5) is 0 Å². The van der Waals surface area contributed by atoms with Crippen molar-refractivity contribution < 1.29 is 0 Å². The van der Waals surface area contributed by atoms with Crippen LogP contribution in [0.2, 0.25) is 0 Å². The smallest absolute Gasteiger partial charge is 0.0701 e.